The molecule has 3 aromatic rings. The summed E-state index contributed by atoms with van der Waals surface area (Å²) >= 11 is 0. The van der Waals surface area contributed by atoms with Crippen LogP contribution in [0.15, 0.2) is 36.9 Å². The maximum absolute atomic E-state index is 14.0. The molecule has 2 aromatic heterocycles. The summed E-state index contributed by atoms with van der Waals surface area (Å²) < 4.78 is 14.0. The summed E-state index contributed by atoms with van der Waals surface area (Å²) in [5, 5.41) is 11.1. The van der Waals surface area contributed by atoms with E-state index < -0.39 is 11.6 Å². The molecule has 2 N–H and O–H groups in total. The normalized spacial score (nSPS) is 10.7. The van der Waals surface area contributed by atoms with Crippen LogP contribution >= 0.6 is 0 Å². The summed E-state index contributed by atoms with van der Waals surface area (Å²) in [6.07, 6.45) is 4.26. The first kappa shape index (κ1) is 12.2. The number of rotatable bonds is 3. The number of carbonyl (C=O) groups is 1. The van der Waals surface area contributed by atoms with Gasteiger partial charge in [-0.3, -0.25) is 4.79 Å². The molecule has 0 spiro atoms. The van der Waals surface area contributed by atoms with Crippen LogP contribution in [0.4, 0.5) is 10.1 Å². The topological polar surface area (TPSA) is 93.7 Å². The van der Waals surface area contributed by atoms with Gasteiger partial charge < -0.3 is 15.7 Å². The molecule has 3 rings (SSSR count). The van der Waals surface area contributed by atoms with Crippen molar-refractivity contribution in [2.45, 2.75) is 0 Å². The zero-order valence-corrected chi connectivity index (χ0v) is 10.1. The molecule has 0 saturated heterocycles. The Morgan fingerprint density at radius 1 is 1.35 bits per heavy atom. The SMILES string of the molecule is O=C(c1cccc(N[O-])c1F)c1c[nH]c2ncncc12. The highest BCUT2D eigenvalue weighted by Crippen LogP contribution is 2.23. The smallest absolute Gasteiger partial charge is 0.198 e. The van der Waals surface area contributed by atoms with Crippen molar-refractivity contribution in [3.63, 3.8) is 0 Å². The molecule has 0 radical (unpaired) electrons. The largest absolute Gasteiger partial charge is 0.761 e. The molecule has 0 aliphatic carbocycles. The molecular formula is C13H8FN4O2-. The molecule has 6 nitrogen and oxygen atoms in total. The Hall–Kier alpha value is -2.80. The zero-order valence-electron chi connectivity index (χ0n) is 10.1. The number of benzene rings is 1. The monoisotopic (exact) mass is 271 g/mol. The summed E-state index contributed by atoms with van der Waals surface area (Å²) in [4.78, 5) is 23.0. The van der Waals surface area contributed by atoms with E-state index in [1.807, 2.05) is 0 Å². The number of aromatic amines is 1. The van der Waals surface area contributed by atoms with Crippen LogP contribution in [0.2, 0.25) is 0 Å². The molecule has 1 aromatic carbocycles. The quantitative estimate of drug-likeness (QED) is 0.562. The highest BCUT2D eigenvalue weighted by atomic mass is 19.1. The number of hydrogen-bond acceptors (Lipinski definition) is 5. The highest BCUT2D eigenvalue weighted by molar-refractivity contribution is 6.16. The molecule has 0 aliphatic heterocycles. The molecule has 0 bridgehead atoms. The Balaban J connectivity index is 2.14. The van der Waals surface area contributed by atoms with Crippen LogP contribution in [0, 0.1) is 11.0 Å². The Kier molecular flexibility index (Phi) is 2.88. The third-order valence-corrected chi connectivity index (χ3v) is 2.95. The molecule has 7 heteroatoms. The minimum Gasteiger partial charge on any atom is -0.761 e. The standard InChI is InChI=1S/C13H8FN4O2/c14-11-7(2-1-3-10(11)18-20)12(19)8-5-16-13-9(8)4-15-6-17-13/h1-6,18H,(H,15,16,17)/q-1. The van der Waals surface area contributed by atoms with Gasteiger partial charge >= 0.3 is 0 Å². The van der Waals surface area contributed by atoms with Crippen molar-refractivity contribution in [1.29, 1.82) is 0 Å². The number of carbonyl (C=O) groups excluding carboxylic acids is 1. The lowest BCUT2D eigenvalue weighted by molar-refractivity contribution is 0.103. The van der Waals surface area contributed by atoms with Crippen molar-refractivity contribution in [1.82, 2.24) is 15.0 Å². The van der Waals surface area contributed by atoms with Crippen molar-refractivity contribution in [2.24, 2.45) is 0 Å². The van der Waals surface area contributed by atoms with E-state index in [0.29, 0.717) is 11.0 Å². The molecule has 0 aliphatic rings. The second-order valence-corrected chi connectivity index (χ2v) is 4.09. The maximum atomic E-state index is 14.0. The van der Waals surface area contributed by atoms with Crippen molar-refractivity contribution < 1.29 is 9.18 Å². The molecule has 0 unspecified atom stereocenters. The van der Waals surface area contributed by atoms with E-state index in [9.17, 15) is 14.4 Å². The first-order chi connectivity index (χ1) is 9.72. The van der Waals surface area contributed by atoms with Crippen molar-refractivity contribution in [3.05, 3.63) is 59.1 Å². The Labute approximate surface area is 112 Å². The molecule has 0 amide bonds. The van der Waals surface area contributed by atoms with Gasteiger partial charge in [-0.2, -0.15) is 0 Å². The first-order valence-electron chi connectivity index (χ1n) is 5.71. The summed E-state index contributed by atoms with van der Waals surface area (Å²) in [6.45, 7) is 0. The number of nitrogens with zero attached hydrogens (tertiary/aromatic N) is 2. The fourth-order valence-corrected chi connectivity index (χ4v) is 1.98. The van der Waals surface area contributed by atoms with Gasteiger partial charge in [-0.25, -0.2) is 14.4 Å². The second-order valence-electron chi connectivity index (χ2n) is 4.09. The van der Waals surface area contributed by atoms with E-state index in [-0.39, 0.29) is 16.8 Å². The average Bonchev–Trinajstić information content (AvgIpc) is 2.91. The number of halogens is 1. The third-order valence-electron chi connectivity index (χ3n) is 2.95. The molecule has 0 saturated carbocycles. The molecular weight excluding hydrogens is 263 g/mol. The van der Waals surface area contributed by atoms with Crippen LogP contribution in [0.5, 0.6) is 0 Å². The number of aromatic nitrogens is 3. The van der Waals surface area contributed by atoms with Crippen molar-refractivity contribution >= 4 is 22.5 Å². The van der Waals surface area contributed by atoms with E-state index in [4.69, 9.17) is 0 Å². The fraction of sp³-hybridized carbons (Fsp3) is 0. The predicted octanol–water partition coefficient (Wildman–Crippen LogP) is 2.24. The van der Waals surface area contributed by atoms with Crippen LogP contribution in [0.3, 0.4) is 0 Å². The van der Waals surface area contributed by atoms with Crippen molar-refractivity contribution in [3.8, 4) is 0 Å². The van der Waals surface area contributed by atoms with Crippen molar-refractivity contribution in [2.75, 3.05) is 5.48 Å². The van der Waals surface area contributed by atoms with E-state index >= 15 is 0 Å². The first-order valence-corrected chi connectivity index (χ1v) is 5.71. The van der Waals surface area contributed by atoms with Crippen LogP contribution in [-0.4, -0.2) is 20.7 Å². The van der Waals surface area contributed by atoms with E-state index in [1.54, 1.807) is 0 Å². The van der Waals surface area contributed by atoms with E-state index in [1.165, 1.54) is 42.4 Å². The predicted molar refractivity (Wildman–Crippen MR) is 70.7 cm³/mol. The van der Waals surface area contributed by atoms with Gasteiger partial charge in [0, 0.05) is 17.8 Å². The lowest BCUT2D eigenvalue weighted by atomic mass is 10.0. The number of anilines is 1. The number of hydrogen-bond donors (Lipinski definition) is 2. The number of H-pyrrole nitrogens is 1. The summed E-state index contributed by atoms with van der Waals surface area (Å²) in [7, 11) is 0. The number of fused-ring (bicyclic) bond motifs is 1. The second kappa shape index (κ2) is 4.71. The van der Waals surface area contributed by atoms with Gasteiger partial charge in [0.05, 0.1) is 16.8 Å². The molecule has 100 valence electrons. The van der Waals surface area contributed by atoms with Gasteiger partial charge in [-0.05, 0) is 12.1 Å². The maximum Gasteiger partial charge on any atom is 0.198 e. The summed E-state index contributed by atoms with van der Waals surface area (Å²) in [5.74, 6) is -1.42. The third kappa shape index (κ3) is 1.81. The molecule has 0 atom stereocenters. The lowest BCUT2D eigenvalue weighted by Crippen LogP contribution is -2.05. The molecule has 20 heavy (non-hydrogen) atoms. The lowest BCUT2D eigenvalue weighted by Gasteiger charge is -2.12. The Bertz CT molecular complexity index is 800. The highest BCUT2D eigenvalue weighted by Gasteiger charge is 2.19. The van der Waals surface area contributed by atoms with E-state index in [2.05, 4.69) is 15.0 Å². The Morgan fingerprint density at radius 3 is 3.00 bits per heavy atom. The molecule has 2 heterocycles. The minimum absolute atomic E-state index is 0.185. The van der Waals surface area contributed by atoms with Gasteiger partial charge in [0.15, 0.2) is 11.6 Å². The van der Waals surface area contributed by atoms with Gasteiger partial charge in [0.1, 0.15) is 12.0 Å². The minimum atomic E-state index is -0.876. The van der Waals surface area contributed by atoms with Crippen LogP contribution in [0.25, 0.3) is 11.0 Å². The Morgan fingerprint density at radius 2 is 2.20 bits per heavy atom. The van der Waals surface area contributed by atoms with Gasteiger partial charge in [-0.1, -0.05) is 6.07 Å². The summed E-state index contributed by atoms with van der Waals surface area (Å²) in [6, 6.07) is 4.01. The number of ketones is 1. The average molecular weight is 271 g/mol. The van der Waals surface area contributed by atoms with Gasteiger partial charge in [0.25, 0.3) is 0 Å². The fourth-order valence-electron chi connectivity index (χ4n) is 1.98. The van der Waals surface area contributed by atoms with Crippen LogP contribution in [-0.2, 0) is 0 Å². The van der Waals surface area contributed by atoms with E-state index in [0.717, 1.165) is 0 Å². The van der Waals surface area contributed by atoms with Gasteiger partial charge in [-0.15, -0.1) is 0 Å². The van der Waals surface area contributed by atoms with Gasteiger partial charge in [0.2, 0.25) is 0 Å². The van der Waals surface area contributed by atoms with Crippen LogP contribution in [0.1, 0.15) is 15.9 Å². The number of nitrogens with one attached hydrogen (secondary N) is 2. The van der Waals surface area contributed by atoms with Crippen LogP contribution < -0.4 is 5.48 Å². The zero-order chi connectivity index (χ0) is 14.1. The summed E-state index contributed by atoms with van der Waals surface area (Å²) in [5.41, 5.74) is 1.75. The molecule has 0 fully saturated rings.